The molecule has 3 rings (SSSR count). The second-order valence-electron chi connectivity index (χ2n) is 6.05. The van der Waals surface area contributed by atoms with Crippen molar-refractivity contribution in [1.82, 2.24) is 15.0 Å². The SMILES string of the molecule is CCC(CN)c1nc(C2CC3CCC(C2)N3C)no1. The van der Waals surface area contributed by atoms with Gasteiger partial charge in [-0.1, -0.05) is 12.1 Å². The highest BCUT2D eigenvalue weighted by Crippen LogP contribution is 2.41. The second-order valence-corrected chi connectivity index (χ2v) is 6.05. The lowest BCUT2D eigenvalue weighted by Crippen LogP contribution is -2.39. The van der Waals surface area contributed by atoms with E-state index in [0.29, 0.717) is 24.5 Å². The minimum Gasteiger partial charge on any atom is -0.339 e. The number of piperidine rings is 1. The molecule has 5 nitrogen and oxygen atoms in total. The Balaban J connectivity index is 1.73. The van der Waals surface area contributed by atoms with Gasteiger partial charge in [-0.2, -0.15) is 4.98 Å². The third-order valence-corrected chi connectivity index (χ3v) is 5.05. The second kappa shape index (κ2) is 5.21. The first kappa shape index (κ1) is 13.1. The van der Waals surface area contributed by atoms with Gasteiger partial charge in [0.25, 0.3) is 0 Å². The van der Waals surface area contributed by atoms with Crippen LogP contribution in [0, 0.1) is 0 Å². The predicted molar refractivity (Wildman–Crippen MR) is 72.9 cm³/mol. The van der Waals surface area contributed by atoms with Gasteiger partial charge in [0.05, 0.1) is 5.92 Å². The molecule has 2 bridgehead atoms. The highest BCUT2D eigenvalue weighted by Gasteiger charge is 2.40. The van der Waals surface area contributed by atoms with Crippen molar-refractivity contribution >= 4 is 0 Å². The summed E-state index contributed by atoms with van der Waals surface area (Å²) < 4.78 is 5.42. The van der Waals surface area contributed by atoms with E-state index in [1.807, 2.05) is 0 Å². The van der Waals surface area contributed by atoms with Crippen LogP contribution in [0.1, 0.15) is 62.6 Å². The zero-order chi connectivity index (χ0) is 13.4. The number of fused-ring (bicyclic) bond motifs is 2. The largest absolute Gasteiger partial charge is 0.339 e. The van der Waals surface area contributed by atoms with Crippen LogP contribution in [0.2, 0.25) is 0 Å². The Morgan fingerprint density at radius 2 is 2.05 bits per heavy atom. The lowest BCUT2D eigenvalue weighted by molar-refractivity contribution is 0.157. The van der Waals surface area contributed by atoms with Gasteiger partial charge in [0.15, 0.2) is 5.82 Å². The zero-order valence-corrected chi connectivity index (χ0v) is 11.9. The van der Waals surface area contributed by atoms with Crippen molar-refractivity contribution in [3.05, 3.63) is 11.7 Å². The van der Waals surface area contributed by atoms with Gasteiger partial charge in [-0.15, -0.1) is 0 Å². The molecule has 0 saturated carbocycles. The molecular formula is C14H24N4O. The van der Waals surface area contributed by atoms with Gasteiger partial charge in [-0.3, -0.25) is 0 Å². The third kappa shape index (κ3) is 2.30. The average molecular weight is 264 g/mol. The highest BCUT2D eigenvalue weighted by atomic mass is 16.5. The minimum absolute atomic E-state index is 0.212. The lowest BCUT2D eigenvalue weighted by atomic mass is 9.90. The maximum atomic E-state index is 5.74. The van der Waals surface area contributed by atoms with E-state index in [9.17, 15) is 0 Å². The monoisotopic (exact) mass is 264 g/mol. The van der Waals surface area contributed by atoms with Crippen molar-refractivity contribution in [3.8, 4) is 0 Å². The van der Waals surface area contributed by atoms with E-state index >= 15 is 0 Å². The van der Waals surface area contributed by atoms with E-state index in [0.717, 1.165) is 18.1 Å². The summed E-state index contributed by atoms with van der Waals surface area (Å²) in [6.45, 7) is 2.69. The summed E-state index contributed by atoms with van der Waals surface area (Å²) in [5.41, 5.74) is 5.74. The molecule has 0 spiro atoms. The standard InChI is InChI=1S/C14H24N4O/c1-3-9(8-15)14-16-13(17-19-14)10-6-11-4-5-12(7-10)18(11)2/h9-12H,3-8,15H2,1-2H3. The van der Waals surface area contributed by atoms with Crippen molar-refractivity contribution in [2.24, 2.45) is 5.73 Å². The molecular weight excluding hydrogens is 240 g/mol. The molecule has 3 heterocycles. The van der Waals surface area contributed by atoms with Crippen LogP contribution in [0.4, 0.5) is 0 Å². The van der Waals surface area contributed by atoms with Gasteiger partial charge in [0.1, 0.15) is 0 Å². The minimum atomic E-state index is 0.212. The number of nitrogens with zero attached hydrogens (tertiary/aromatic N) is 3. The van der Waals surface area contributed by atoms with Crippen LogP contribution in [0.5, 0.6) is 0 Å². The summed E-state index contributed by atoms with van der Waals surface area (Å²) in [5, 5.41) is 4.22. The molecule has 0 radical (unpaired) electrons. The molecule has 19 heavy (non-hydrogen) atoms. The van der Waals surface area contributed by atoms with Gasteiger partial charge < -0.3 is 15.2 Å². The Morgan fingerprint density at radius 1 is 1.37 bits per heavy atom. The average Bonchev–Trinajstić information content (AvgIpc) is 2.95. The Bertz CT molecular complexity index is 415. The fraction of sp³-hybridized carbons (Fsp3) is 0.857. The topological polar surface area (TPSA) is 68.2 Å². The summed E-state index contributed by atoms with van der Waals surface area (Å²) in [5.74, 6) is 2.32. The van der Waals surface area contributed by atoms with E-state index in [-0.39, 0.29) is 5.92 Å². The fourth-order valence-corrected chi connectivity index (χ4v) is 3.64. The fourth-order valence-electron chi connectivity index (χ4n) is 3.64. The van der Waals surface area contributed by atoms with Gasteiger partial charge in [0.2, 0.25) is 5.89 Å². The summed E-state index contributed by atoms with van der Waals surface area (Å²) in [6, 6.07) is 1.42. The summed E-state index contributed by atoms with van der Waals surface area (Å²) in [7, 11) is 2.25. The van der Waals surface area contributed by atoms with Crippen molar-refractivity contribution in [2.45, 2.75) is 62.9 Å². The van der Waals surface area contributed by atoms with E-state index in [1.54, 1.807) is 0 Å². The smallest absolute Gasteiger partial charge is 0.231 e. The van der Waals surface area contributed by atoms with Gasteiger partial charge in [-0.05, 0) is 39.2 Å². The molecule has 0 aliphatic carbocycles. The molecule has 2 saturated heterocycles. The van der Waals surface area contributed by atoms with Crippen LogP contribution in [-0.2, 0) is 0 Å². The van der Waals surface area contributed by atoms with Crippen LogP contribution >= 0.6 is 0 Å². The van der Waals surface area contributed by atoms with Crippen molar-refractivity contribution in [1.29, 1.82) is 0 Å². The normalized spacial score (nSPS) is 32.7. The van der Waals surface area contributed by atoms with Crippen molar-refractivity contribution in [3.63, 3.8) is 0 Å². The molecule has 2 aliphatic heterocycles. The van der Waals surface area contributed by atoms with E-state index in [4.69, 9.17) is 10.3 Å². The van der Waals surface area contributed by atoms with Gasteiger partial charge in [0, 0.05) is 24.5 Å². The van der Waals surface area contributed by atoms with E-state index in [1.165, 1.54) is 25.7 Å². The first-order valence-corrected chi connectivity index (χ1v) is 7.48. The molecule has 3 unspecified atom stereocenters. The third-order valence-electron chi connectivity index (χ3n) is 5.05. The summed E-state index contributed by atoms with van der Waals surface area (Å²) >= 11 is 0. The molecule has 2 aliphatic rings. The molecule has 0 aromatic carbocycles. The molecule has 0 amide bonds. The van der Waals surface area contributed by atoms with Crippen LogP contribution < -0.4 is 5.73 Å². The van der Waals surface area contributed by atoms with Crippen molar-refractivity contribution in [2.75, 3.05) is 13.6 Å². The summed E-state index contributed by atoms with van der Waals surface area (Å²) in [4.78, 5) is 7.16. The Kier molecular flexibility index (Phi) is 3.58. The Hall–Kier alpha value is -0.940. The number of nitrogens with two attached hydrogens (primary N) is 1. The first-order chi connectivity index (χ1) is 9.22. The molecule has 2 N–H and O–H groups in total. The molecule has 1 aromatic heterocycles. The van der Waals surface area contributed by atoms with Crippen LogP contribution in [0.3, 0.4) is 0 Å². The van der Waals surface area contributed by atoms with Crippen LogP contribution in [0.25, 0.3) is 0 Å². The van der Waals surface area contributed by atoms with Crippen LogP contribution in [-0.4, -0.2) is 40.7 Å². The predicted octanol–water partition coefficient (Wildman–Crippen LogP) is 1.86. The molecule has 3 atom stereocenters. The maximum absolute atomic E-state index is 5.74. The highest BCUT2D eigenvalue weighted by molar-refractivity contribution is 5.06. The van der Waals surface area contributed by atoms with Crippen LogP contribution in [0.15, 0.2) is 4.52 Å². The Labute approximate surface area is 114 Å². The maximum Gasteiger partial charge on any atom is 0.231 e. The lowest BCUT2D eigenvalue weighted by Gasteiger charge is -2.34. The van der Waals surface area contributed by atoms with E-state index < -0.39 is 0 Å². The number of hydrogen-bond donors (Lipinski definition) is 1. The quantitative estimate of drug-likeness (QED) is 0.899. The number of hydrogen-bond acceptors (Lipinski definition) is 5. The zero-order valence-electron chi connectivity index (χ0n) is 11.9. The number of rotatable bonds is 4. The first-order valence-electron chi connectivity index (χ1n) is 7.48. The summed E-state index contributed by atoms with van der Waals surface area (Å²) in [6.07, 6.45) is 5.94. The number of aromatic nitrogens is 2. The molecule has 5 heteroatoms. The molecule has 106 valence electrons. The molecule has 2 fully saturated rings. The Morgan fingerprint density at radius 3 is 2.63 bits per heavy atom. The van der Waals surface area contributed by atoms with Crippen molar-refractivity contribution < 1.29 is 4.52 Å². The van der Waals surface area contributed by atoms with Gasteiger partial charge in [-0.25, -0.2) is 0 Å². The van der Waals surface area contributed by atoms with E-state index in [2.05, 4.69) is 29.0 Å². The van der Waals surface area contributed by atoms with Gasteiger partial charge >= 0.3 is 0 Å². The molecule has 1 aromatic rings.